The van der Waals surface area contributed by atoms with E-state index < -0.39 is 9.84 Å². The Hall–Kier alpha value is -1.25. The molecule has 2 aromatic rings. The van der Waals surface area contributed by atoms with Crippen molar-refractivity contribution in [2.45, 2.75) is 12.8 Å². The molecule has 0 saturated heterocycles. The van der Waals surface area contributed by atoms with E-state index in [4.69, 9.17) is 0 Å². The quantitative estimate of drug-likeness (QED) is 0.803. The third-order valence-corrected chi connectivity index (χ3v) is 5.13. The summed E-state index contributed by atoms with van der Waals surface area (Å²) in [4.78, 5) is 16.1. The number of amides is 1. The van der Waals surface area contributed by atoms with Gasteiger partial charge in [-0.2, -0.15) is 0 Å². The minimum Gasteiger partial charge on any atom is -0.302 e. The van der Waals surface area contributed by atoms with Crippen LogP contribution in [0.2, 0.25) is 0 Å². The largest absolute Gasteiger partial charge is 0.302 e. The van der Waals surface area contributed by atoms with Gasteiger partial charge in [-0.1, -0.05) is 28.1 Å². The first-order chi connectivity index (χ1) is 10.3. The maximum absolute atomic E-state index is 11.7. The number of hydrogen-bond donors (Lipinski definition) is 1. The second kappa shape index (κ2) is 7.34. The zero-order valence-corrected chi connectivity index (χ0v) is 15.1. The van der Waals surface area contributed by atoms with Gasteiger partial charge in [-0.3, -0.25) is 4.79 Å². The predicted molar refractivity (Wildman–Crippen MR) is 92.8 cm³/mol. The zero-order valence-electron chi connectivity index (χ0n) is 11.9. The summed E-state index contributed by atoms with van der Waals surface area (Å²) in [5.74, 6) is -0.206. The van der Waals surface area contributed by atoms with Gasteiger partial charge in [0, 0.05) is 28.1 Å². The zero-order chi connectivity index (χ0) is 16.2. The number of thiazole rings is 1. The number of carbonyl (C=O) groups excluding carboxylic acids is 1. The molecule has 0 aliphatic rings. The molecular weight excluding hydrogens is 388 g/mol. The Labute approximate surface area is 141 Å². The van der Waals surface area contributed by atoms with E-state index in [1.165, 1.54) is 11.3 Å². The second-order valence-corrected chi connectivity index (χ2v) is 8.86. The summed E-state index contributed by atoms with van der Waals surface area (Å²) < 4.78 is 23.0. The van der Waals surface area contributed by atoms with Crippen molar-refractivity contribution in [2.75, 3.05) is 17.3 Å². The average Bonchev–Trinajstić information content (AvgIpc) is 2.86. The molecule has 8 heteroatoms. The Morgan fingerprint density at radius 1 is 1.32 bits per heavy atom. The number of anilines is 1. The number of carbonyl (C=O) groups is 1. The van der Waals surface area contributed by atoms with Crippen LogP contribution >= 0.6 is 27.3 Å². The van der Waals surface area contributed by atoms with Crippen LogP contribution in [0.3, 0.4) is 0 Å². The standard InChI is InChI=1S/C14H15BrN2O3S2/c1-22(19,20)8-2-3-13(18)17-14-16-12(9-21-14)10-4-6-11(15)7-5-10/h4-7,9H,2-3,8H2,1H3,(H,16,17,18). The van der Waals surface area contributed by atoms with Gasteiger partial charge in [-0.15, -0.1) is 11.3 Å². The number of hydrogen-bond acceptors (Lipinski definition) is 5. The summed E-state index contributed by atoms with van der Waals surface area (Å²) in [7, 11) is -3.02. The third-order valence-electron chi connectivity index (χ3n) is 2.81. The lowest BCUT2D eigenvalue weighted by atomic mass is 10.2. The smallest absolute Gasteiger partial charge is 0.226 e. The monoisotopic (exact) mass is 402 g/mol. The van der Waals surface area contributed by atoms with Crippen LogP contribution in [-0.4, -0.2) is 31.3 Å². The SMILES string of the molecule is CS(=O)(=O)CCCC(=O)Nc1nc(-c2ccc(Br)cc2)cs1. The number of halogens is 1. The molecule has 5 nitrogen and oxygen atoms in total. The normalized spacial score (nSPS) is 11.4. The summed E-state index contributed by atoms with van der Waals surface area (Å²) in [6.45, 7) is 0. The fourth-order valence-corrected chi connectivity index (χ4v) is 3.43. The molecule has 0 aliphatic heterocycles. The first-order valence-electron chi connectivity index (χ1n) is 6.52. The maximum atomic E-state index is 11.7. The molecule has 0 unspecified atom stereocenters. The van der Waals surface area contributed by atoms with Gasteiger partial charge in [0.25, 0.3) is 0 Å². The first-order valence-corrected chi connectivity index (χ1v) is 10.3. The molecule has 0 aliphatic carbocycles. The number of rotatable bonds is 6. The minimum atomic E-state index is -3.02. The van der Waals surface area contributed by atoms with Gasteiger partial charge in [-0.25, -0.2) is 13.4 Å². The van der Waals surface area contributed by atoms with Crippen molar-refractivity contribution in [1.82, 2.24) is 4.98 Å². The number of aromatic nitrogens is 1. The lowest BCUT2D eigenvalue weighted by Gasteiger charge is -2.01. The molecule has 0 spiro atoms. The summed E-state index contributed by atoms with van der Waals surface area (Å²) in [5, 5.41) is 5.08. The van der Waals surface area contributed by atoms with Gasteiger partial charge in [0.15, 0.2) is 5.13 Å². The van der Waals surface area contributed by atoms with E-state index in [0.717, 1.165) is 22.0 Å². The molecule has 0 bridgehead atoms. The van der Waals surface area contributed by atoms with Crippen molar-refractivity contribution in [3.05, 3.63) is 34.1 Å². The fraction of sp³-hybridized carbons (Fsp3) is 0.286. The van der Waals surface area contributed by atoms with Crippen LogP contribution in [0.15, 0.2) is 34.1 Å². The van der Waals surface area contributed by atoms with Crippen molar-refractivity contribution < 1.29 is 13.2 Å². The molecule has 0 atom stereocenters. The van der Waals surface area contributed by atoms with Gasteiger partial charge in [0.2, 0.25) is 5.91 Å². The lowest BCUT2D eigenvalue weighted by Crippen LogP contribution is -2.13. The van der Waals surface area contributed by atoms with Crippen LogP contribution in [0.25, 0.3) is 11.3 Å². The molecule has 1 amide bonds. The highest BCUT2D eigenvalue weighted by molar-refractivity contribution is 9.10. The predicted octanol–water partition coefficient (Wildman–Crippen LogP) is 3.34. The Morgan fingerprint density at radius 3 is 2.64 bits per heavy atom. The van der Waals surface area contributed by atoms with Gasteiger partial charge < -0.3 is 5.32 Å². The highest BCUT2D eigenvalue weighted by Crippen LogP contribution is 2.26. The van der Waals surface area contributed by atoms with E-state index >= 15 is 0 Å². The van der Waals surface area contributed by atoms with Crippen molar-refractivity contribution in [3.8, 4) is 11.3 Å². The number of benzene rings is 1. The molecule has 118 valence electrons. The van der Waals surface area contributed by atoms with Crippen molar-refractivity contribution in [2.24, 2.45) is 0 Å². The minimum absolute atomic E-state index is 0.0163. The van der Waals surface area contributed by atoms with Crippen LogP contribution in [0, 0.1) is 0 Å². The molecule has 1 aromatic heterocycles. The highest BCUT2D eigenvalue weighted by Gasteiger charge is 2.09. The fourth-order valence-electron chi connectivity index (χ4n) is 1.76. The Bertz CT molecular complexity index is 755. The maximum Gasteiger partial charge on any atom is 0.226 e. The Balaban J connectivity index is 1.91. The first kappa shape index (κ1) is 17.1. The van der Waals surface area contributed by atoms with Gasteiger partial charge in [-0.05, 0) is 18.6 Å². The van der Waals surface area contributed by atoms with E-state index in [1.807, 2.05) is 29.6 Å². The van der Waals surface area contributed by atoms with E-state index in [-0.39, 0.29) is 18.1 Å². The van der Waals surface area contributed by atoms with E-state index in [2.05, 4.69) is 26.2 Å². The van der Waals surface area contributed by atoms with Crippen molar-refractivity contribution in [3.63, 3.8) is 0 Å². The molecule has 22 heavy (non-hydrogen) atoms. The van der Waals surface area contributed by atoms with E-state index in [9.17, 15) is 13.2 Å². The Kier molecular flexibility index (Phi) is 5.71. The van der Waals surface area contributed by atoms with Gasteiger partial charge in [0.1, 0.15) is 9.84 Å². The molecular formula is C14H15BrN2O3S2. The third kappa shape index (κ3) is 5.51. The van der Waals surface area contributed by atoms with Crippen LogP contribution < -0.4 is 5.32 Å². The summed E-state index contributed by atoms with van der Waals surface area (Å²) in [5.41, 5.74) is 1.76. The number of nitrogens with zero attached hydrogens (tertiary/aromatic N) is 1. The summed E-state index contributed by atoms with van der Waals surface area (Å²) >= 11 is 4.72. The summed E-state index contributed by atoms with van der Waals surface area (Å²) in [6.07, 6.45) is 1.64. The molecule has 1 N–H and O–H groups in total. The van der Waals surface area contributed by atoms with Crippen LogP contribution in [0.4, 0.5) is 5.13 Å². The average molecular weight is 403 g/mol. The van der Waals surface area contributed by atoms with Crippen molar-refractivity contribution >= 4 is 48.1 Å². The molecule has 1 heterocycles. The lowest BCUT2D eigenvalue weighted by molar-refractivity contribution is -0.116. The van der Waals surface area contributed by atoms with Crippen LogP contribution in [-0.2, 0) is 14.6 Å². The molecule has 1 aromatic carbocycles. The highest BCUT2D eigenvalue weighted by atomic mass is 79.9. The topological polar surface area (TPSA) is 76.1 Å². The van der Waals surface area contributed by atoms with Gasteiger partial charge >= 0.3 is 0 Å². The van der Waals surface area contributed by atoms with Crippen LogP contribution in [0.5, 0.6) is 0 Å². The number of sulfone groups is 1. The van der Waals surface area contributed by atoms with Crippen LogP contribution in [0.1, 0.15) is 12.8 Å². The number of nitrogens with one attached hydrogen (secondary N) is 1. The van der Waals surface area contributed by atoms with E-state index in [1.54, 1.807) is 0 Å². The Morgan fingerprint density at radius 2 is 2.00 bits per heavy atom. The van der Waals surface area contributed by atoms with Crippen molar-refractivity contribution in [1.29, 1.82) is 0 Å². The molecule has 0 saturated carbocycles. The molecule has 0 radical (unpaired) electrons. The second-order valence-electron chi connectivity index (χ2n) is 4.83. The summed E-state index contributed by atoms with van der Waals surface area (Å²) in [6, 6.07) is 7.74. The molecule has 2 rings (SSSR count). The molecule has 0 fully saturated rings. The van der Waals surface area contributed by atoms with E-state index in [0.29, 0.717) is 11.6 Å². The van der Waals surface area contributed by atoms with Gasteiger partial charge in [0.05, 0.1) is 11.4 Å².